The van der Waals surface area contributed by atoms with Gasteiger partial charge < -0.3 is 35.7 Å². The molecule has 4 aliphatic rings. The molecule has 47 heavy (non-hydrogen) atoms. The van der Waals surface area contributed by atoms with Crippen molar-refractivity contribution >= 4 is 52.0 Å². The number of ether oxygens (including phenoxy) is 3. The Kier molecular flexibility index (Phi) is 6.97. The summed E-state index contributed by atoms with van der Waals surface area (Å²) in [4.78, 5) is 46.2. The molecule has 0 amide bonds. The number of aromatic amines is 1. The molecule has 8 heterocycles. The highest BCUT2D eigenvalue weighted by atomic mass is 32.2. The SMILES string of the molecule is Nc1nc2c(ncn2[C@@H]2O[C@@H]3CCS(=O)(=O)O[C@H]4[C@H]5OC[C@]4(COP(=O)(O)O[C@@H]2[C@@H]3CO)O[C@H]5n2cnc3c(N)ncnc32)c(=O)[nH]1. The lowest BCUT2D eigenvalue weighted by Gasteiger charge is -2.32. The van der Waals surface area contributed by atoms with Crippen LogP contribution in [0.25, 0.3) is 22.3 Å². The number of phosphoric acid groups is 1. The molecular formula is C23H27N10O12PS. The van der Waals surface area contributed by atoms with E-state index < -0.39 is 90.9 Å². The van der Waals surface area contributed by atoms with E-state index in [0.717, 1.165) is 0 Å². The van der Waals surface area contributed by atoms with Crippen LogP contribution in [0.1, 0.15) is 18.9 Å². The number of aliphatic hydroxyl groups excluding tert-OH is 1. The molecule has 0 aliphatic carbocycles. The summed E-state index contributed by atoms with van der Waals surface area (Å²) in [6, 6.07) is 0. The third kappa shape index (κ3) is 4.93. The number of nitrogen functional groups attached to an aromatic ring is 2. The van der Waals surface area contributed by atoms with Gasteiger partial charge in [-0.3, -0.25) is 32.1 Å². The van der Waals surface area contributed by atoms with E-state index in [1.807, 2.05) is 0 Å². The van der Waals surface area contributed by atoms with Crippen molar-refractivity contribution in [3.05, 3.63) is 29.3 Å². The smallest absolute Gasteiger partial charge is 0.396 e. The minimum atomic E-state index is -5.05. The normalized spacial score (nSPS) is 37.0. The quantitative estimate of drug-likeness (QED) is 0.113. The number of H-pyrrole nitrogens is 1. The Morgan fingerprint density at radius 1 is 1.06 bits per heavy atom. The largest absolute Gasteiger partial charge is 0.472 e. The van der Waals surface area contributed by atoms with Crippen LogP contribution < -0.4 is 17.0 Å². The van der Waals surface area contributed by atoms with Crippen molar-refractivity contribution in [1.82, 2.24) is 39.0 Å². The molecule has 0 saturated carbocycles. The van der Waals surface area contributed by atoms with Gasteiger partial charge in [-0.05, 0) is 6.42 Å². The second kappa shape index (κ2) is 10.7. The Morgan fingerprint density at radius 2 is 1.83 bits per heavy atom. The molecule has 4 aromatic rings. The fraction of sp³-hybridized carbons (Fsp3) is 0.565. The first-order valence-corrected chi connectivity index (χ1v) is 17.2. The van der Waals surface area contributed by atoms with Crippen LogP contribution in [-0.4, -0.2) is 113 Å². The molecule has 1 unspecified atom stereocenters. The topological polar surface area (TPSA) is 306 Å². The van der Waals surface area contributed by atoms with Gasteiger partial charge in [0.25, 0.3) is 15.7 Å². The average Bonchev–Trinajstić information content (AvgIpc) is 3.82. The van der Waals surface area contributed by atoms with Gasteiger partial charge in [0.2, 0.25) is 5.95 Å². The lowest BCUT2D eigenvalue weighted by molar-refractivity contribution is -0.184. The second-order valence-corrected chi connectivity index (χ2v) is 14.6. The van der Waals surface area contributed by atoms with Crippen molar-refractivity contribution in [2.75, 3.05) is 37.0 Å². The van der Waals surface area contributed by atoms with Crippen LogP contribution in [0.3, 0.4) is 0 Å². The number of anilines is 2. The van der Waals surface area contributed by atoms with Crippen LogP contribution in [0.2, 0.25) is 0 Å². The molecule has 4 fully saturated rings. The Hall–Kier alpha value is -3.64. The van der Waals surface area contributed by atoms with Crippen LogP contribution in [0.4, 0.5) is 11.8 Å². The zero-order valence-corrected chi connectivity index (χ0v) is 25.6. The third-order valence-electron chi connectivity index (χ3n) is 8.69. The Morgan fingerprint density at radius 3 is 2.62 bits per heavy atom. The first-order valence-electron chi connectivity index (χ1n) is 14.2. The summed E-state index contributed by atoms with van der Waals surface area (Å²) < 4.78 is 78.3. The monoisotopic (exact) mass is 698 g/mol. The molecule has 8 rings (SSSR count). The number of nitrogens with two attached hydrogens (primary N) is 2. The summed E-state index contributed by atoms with van der Waals surface area (Å²) in [6.45, 7) is -1.63. The van der Waals surface area contributed by atoms with Gasteiger partial charge in [-0.2, -0.15) is 13.4 Å². The van der Waals surface area contributed by atoms with Gasteiger partial charge >= 0.3 is 7.82 Å². The minimum absolute atomic E-state index is 0.0479. The number of imidazole rings is 2. The molecule has 4 aromatic heterocycles. The van der Waals surface area contributed by atoms with E-state index in [1.54, 1.807) is 0 Å². The standard InChI is InChI=1S/C23H27N10O12PS/c24-16-11-17(27-6-26-16)32(7-28-11)21-14-15-23(43-21,4-40-14)5-41-46(36,37)44-13-9(3-34)10(1-2-47(38,39)45-15)42-20(13)33-8-29-12-18(33)30-22(25)31-19(12)35/h6-10,13-15,20-21,34H,1-5H2,(H,36,37)(H2,24,26,27)(H3,25,30,31,35)/t9-,10-,13-,14-,15+,20-,21-,23-/m1/s1. The maximum absolute atomic E-state index is 13.6. The van der Waals surface area contributed by atoms with E-state index in [-0.39, 0.29) is 47.1 Å². The first kappa shape index (κ1) is 30.7. The van der Waals surface area contributed by atoms with Crippen LogP contribution >= 0.6 is 7.82 Å². The summed E-state index contributed by atoms with van der Waals surface area (Å²) in [5.41, 5.74) is 9.65. The fourth-order valence-corrected chi connectivity index (χ4v) is 8.76. The van der Waals surface area contributed by atoms with Crippen molar-refractivity contribution in [1.29, 1.82) is 0 Å². The molecule has 4 saturated heterocycles. The van der Waals surface area contributed by atoms with Crippen molar-refractivity contribution < 1.29 is 50.4 Å². The number of phosphoric ester groups is 1. The van der Waals surface area contributed by atoms with Gasteiger partial charge in [0.15, 0.2) is 35.1 Å². The summed E-state index contributed by atoms with van der Waals surface area (Å²) in [5.74, 6) is -1.77. The third-order valence-corrected chi connectivity index (χ3v) is 10.9. The van der Waals surface area contributed by atoms with Gasteiger partial charge in [-0.15, -0.1) is 0 Å². The Labute approximate surface area is 262 Å². The summed E-state index contributed by atoms with van der Waals surface area (Å²) in [6.07, 6.45) is -3.71. The number of aliphatic hydroxyl groups is 1. The number of nitrogens with zero attached hydrogens (tertiary/aromatic N) is 7. The Bertz CT molecular complexity index is 2110. The molecule has 24 heteroatoms. The highest BCUT2D eigenvalue weighted by Gasteiger charge is 2.65. The average molecular weight is 699 g/mol. The van der Waals surface area contributed by atoms with Crippen LogP contribution in [0.15, 0.2) is 23.8 Å². The van der Waals surface area contributed by atoms with E-state index in [2.05, 4.69) is 29.9 Å². The zero-order valence-electron chi connectivity index (χ0n) is 23.9. The van der Waals surface area contributed by atoms with Gasteiger partial charge in [0.05, 0.1) is 44.3 Å². The lowest BCUT2D eigenvalue weighted by Crippen LogP contribution is -2.47. The predicted octanol–water partition coefficient (Wildman–Crippen LogP) is -2.08. The number of fused-ring (bicyclic) bond motifs is 4. The highest BCUT2D eigenvalue weighted by Crippen LogP contribution is 2.55. The Balaban J connectivity index is 1.15. The fourth-order valence-electron chi connectivity index (χ4n) is 6.53. The lowest BCUT2D eigenvalue weighted by atomic mass is 9.97. The molecule has 22 nitrogen and oxygen atoms in total. The zero-order chi connectivity index (χ0) is 32.9. The van der Waals surface area contributed by atoms with E-state index >= 15 is 0 Å². The van der Waals surface area contributed by atoms with Crippen molar-refractivity contribution in [3.63, 3.8) is 0 Å². The second-order valence-electron chi connectivity index (χ2n) is 11.5. The van der Waals surface area contributed by atoms with Gasteiger partial charge in [-0.25, -0.2) is 24.5 Å². The van der Waals surface area contributed by atoms with E-state index in [0.29, 0.717) is 0 Å². The molecule has 0 aromatic carbocycles. The highest BCUT2D eigenvalue weighted by molar-refractivity contribution is 7.86. The van der Waals surface area contributed by atoms with E-state index in [9.17, 15) is 27.8 Å². The molecule has 4 aliphatic heterocycles. The predicted molar refractivity (Wildman–Crippen MR) is 153 cm³/mol. The van der Waals surface area contributed by atoms with Crippen molar-refractivity contribution in [3.8, 4) is 0 Å². The molecule has 0 radical (unpaired) electrons. The number of nitrogens with one attached hydrogen (secondary N) is 1. The van der Waals surface area contributed by atoms with Gasteiger partial charge in [0.1, 0.15) is 35.8 Å². The molecular weight excluding hydrogens is 671 g/mol. The van der Waals surface area contributed by atoms with Crippen LogP contribution in [0.5, 0.6) is 0 Å². The van der Waals surface area contributed by atoms with E-state index in [4.69, 9.17) is 38.9 Å². The van der Waals surface area contributed by atoms with Crippen molar-refractivity contribution in [2.45, 2.75) is 48.9 Å². The van der Waals surface area contributed by atoms with Crippen LogP contribution in [0, 0.1) is 5.92 Å². The molecule has 0 spiro atoms. The van der Waals surface area contributed by atoms with Crippen LogP contribution in [-0.2, 0) is 42.1 Å². The molecule has 7 N–H and O–H groups in total. The number of hydrogen-bond acceptors (Lipinski definition) is 18. The minimum Gasteiger partial charge on any atom is -0.396 e. The maximum Gasteiger partial charge on any atom is 0.472 e. The summed E-state index contributed by atoms with van der Waals surface area (Å²) in [5, 5.41) is 10.3. The number of aromatic nitrogens is 8. The van der Waals surface area contributed by atoms with E-state index in [1.165, 1.54) is 28.1 Å². The molecule has 4 bridgehead atoms. The molecule has 9 atom stereocenters. The molecule has 252 valence electrons. The maximum atomic E-state index is 13.6. The number of rotatable bonds is 3. The number of hydrogen-bond donors (Lipinski definition) is 5. The summed E-state index contributed by atoms with van der Waals surface area (Å²) in [7, 11) is -9.41. The van der Waals surface area contributed by atoms with Crippen molar-refractivity contribution in [2.24, 2.45) is 5.92 Å². The first-order chi connectivity index (χ1) is 22.4. The summed E-state index contributed by atoms with van der Waals surface area (Å²) >= 11 is 0. The van der Waals surface area contributed by atoms with Gasteiger partial charge in [0, 0.05) is 5.92 Å². The van der Waals surface area contributed by atoms with Gasteiger partial charge in [-0.1, -0.05) is 0 Å².